The van der Waals surface area contributed by atoms with Crippen LogP contribution in [0.15, 0.2) is 59.7 Å². The van der Waals surface area contributed by atoms with Crippen LogP contribution < -0.4 is 10.7 Å². The van der Waals surface area contributed by atoms with Gasteiger partial charge >= 0.3 is 12.1 Å². The molecule has 1 aromatic heterocycles. The van der Waals surface area contributed by atoms with Crippen molar-refractivity contribution in [2.45, 2.75) is 20.0 Å². The average molecular weight is 472 g/mol. The SMILES string of the molecule is COC(=O)c1ccccc1-n1c(C)cc(/C=N\NC(=O)CNc2cccc(C(F)(F)F)c2)c1C. The number of rotatable bonds is 7. The van der Waals surface area contributed by atoms with E-state index in [9.17, 15) is 22.8 Å². The Morgan fingerprint density at radius 1 is 1.09 bits per heavy atom. The van der Waals surface area contributed by atoms with E-state index in [0.717, 1.165) is 23.5 Å². The molecule has 0 saturated carbocycles. The number of esters is 1. The highest BCUT2D eigenvalue weighted by atomic mass is 19.4. The minimum absolute atomic E-state index is 0.168. The lowest BCUT2D eigenvalue weighted by Gasteiger charge is -2.13. The molecule has 0 aliphatic carbocycles. The van der Waals surface area contributed by atoms with E-state index >= 15 is 0 Å². The van der Waals surface area contributed by atoms with Crippen LogP contribution in [0.4, 0.5) is 18.9 Å². The molecular formula is C24H23F3N4O3. The van der Waals surface area contributed by atoms with Crippen LogP contribution >= 0.6 is 0 Å². The van der Waals surface area contributed by atoms with Crippen molar-refractivity contribution >= 4 is 23.8 Å². The van der Waals surface area contributed by atoms with Gasteiger partial charge in [0.25, 0.3) is 5.91 Å². The molecule has 0 bridgehead atoms. The lowest BCUT2D eigenvalue weighted by molar-refractivity contribution is -0.137. The van der Waals surface area contributed by atoms with Gasteiger partial charge in [-0.15, -0.1) is 0 Å². The summed E-state index contributed by atoms with van der Waals surface area (Å²) in [5, 5.41) is 6.58. The van der Waals surface area contributed by atoms with Gasteiger partial charge in [0.2, 0.25) is 0 Å². The normalized spacial score (nSPS) is 11.5. The number of halogens is 3. The number of anilines is 1. The maximum absolute atomic E-state index is 12.8. The number of benzene rings is 2. The maximum atomic E-state index is 12.8. The van der Waals surface area contributed by atoms with E-state index in [4.69, 9.17) is 4.74 Å². The molecule has 7 nitrogen and oxygen atoms in total. The Morgan fingerprint density at radius 2 is 1.82 bits per heavy atom. The largest absolute Gasteiger partial charge is 0.465 e. The highest BCUT2D eigenvalue weighted by molar-refractivity contribution is 5.94. The van der Waals surface area contributed by atoms with Crippen molar-refractivity contribution in [3.05, 3.63) is 82.7 Å². The van der Waals surface area contributed by atoms with E-state index in [-0.39, 0.29) is 12.2 Å². The van der Waals surface area contributed by atoms with Crippen molar-refractivity contribution < 1.29 is 27.5 Å². The van der Waals surface area contributed by atoms with Gasteiger partial charge in [-0.2, -0.15) is 18.3 Å². The standard InChI is InChI=1S/C24H23F3N4O3/c1-15-11-17(16(2)31(15)21-10-5-4-9-20(21)23(33)34-3)13-29-30-22(32)14-28-19-8-6-7-18(12-19)24(25,26)27/h4-13,28H,14H2,1-3H3,(H,30,32)/b29-13-. The second-order valence-corrected chi connectivity index (χ2v) is 7.40. The van der Waals surface area contributed by atoms with Gasteiger partial charge in [0.1, 0.15) is 0 Å². The van der Waals surface area contributed by atoms with Crippen LogP contribution in [0.25, 0.3) is 5.69 Å². The van der Waals surface area contributed by atoms with E-state index < -0.39 is 23.6 Å². The molecule has 0 aliphatic heterocycles. The fourth-order valence-electron chi connectivity index (χ4n) is 3.44. The molecule has 1 amide bonds. The van der Waals surface area contributed by atoms with Crippen molar-refractivity contribution in [1.82, 2.24) is 9.99 Å². The summed E-state index contributed by atoms with van der Waals surface area (Å²) in [5.74, 6) is -0.989. The molecule has 0 atom stereocenters. The van der Waals surface area contributed by atoms with E-state index in [2.05, 4.69) is 15.8 Å². The smallest absolute Gasteiger partial charge is 0.416 e. The van der Waals surface area contributed by atoms with Crippen LogP contribution in [-0.4, -0.2) is 36.3 Å². The molecule has 2 aromatic carbocycles. The maximum Gasteiger partial charge on any atom is 0.416 e. The van der Waals surface area contributed by atoms with Gasteiger partial charge in [0, 0.05) is 22.6 Å². The topological polar surface area (TPSA) is 84.7 Å². The minimum atomic E-state index is -4.46. The molecule has 2 N–H and O–H groups in total. The minimum Gasteiger partial charge on any atom is -0.465 e. The number of ether oxygens (including phenoxy) is 1. The number of carbonyl (C=O) groups is 2. The first-order valence-corrected chi connectivity index (χ1v) is 10.2. The van der Waals surface area contributed by atoms with Gasteiger partial charge in [0.05, 0.1) is 36.7 Å². The van der Waals surface area contributed by atoms with Crippen LogP contribution in [0.2, 0.25) is 0 Å². The van der Waals surface area contributed by atoms with E-state index in [1.54, 1.807) is 18.2 Å². The summed E-state index contributed by atoms with van der Waals surface area (Å²) in [6.45, 7) is 3.46. The average Bonchev–Trinajstić information content (AvgIpc) is 3.09. The Morgan fingerprint density at radius 3 is 2.53 bits per heavy atom. The number of alkyl halides is 3. The van der Waals surface area contributed by atoms with E-state index in [1.165, 1.54) is 25.5 Å². The number of hydrogen-bond donors (Lipinski definition) is 2. The van der Waals surface area contributed by atoms with Crippen LogP contribution in [0.5, 0.6) is 0 Å². The van der Waals surface area contributed by atoms with Crippen LogP contribution in [0.3, 0.4) is 0 Å². The number of aryl methyl sites for hydroxylation is 1. The first kappa shape index (κ1) is 24.6. The van der Waals surface area contributed by atoms with Gasteiger partial charge in [-0.25, -0.2) is 10.2 Å². The molecule has 178 valence electrons. The third kappa shape index (κ3) is 5.64. The highest BCUT2D eigenvalue weighted by Crippen LogP contribution is 2.30. The number of hydrogen-bond acceptors (Lipinski definition) is 5. The highest BCUT2D eigenvalue weighted by Gasteiger charge is 2.30. The van der Waals surface area contributed by atoms with Gasteiger partial charge in [-0.1, -0.05) is 18.2 Å². The van der Waals surface area contributed by atoms with Crippen molar-refractivity contribution in [1.29, 1.82) is 0 Å². The predicted octanol–water partition coefficient (Wildman–Crippen LogP) is 4.46. The molecule has 0 fully saturated rings. The predicted molar refractivity (Wildman–Crippen MR) is 122 cm³/mol. The number of methoxy groups -OCH3 is 1. The van der Waals surface area contributed by atoms with Gasteiger partial charge in [-0.3, -0.25) is 4.79 Å². The molecule has 34 heavy (non-hydrogen) atoms. The zero-order valence-electron chi connectivity index (χ0n) is 18.7. The van der Waals surface area contributed by atoms with E-state index in [0.29, 0.717) is 16.8 Å². The summed E-state index contributed by atoms with van der Waals surface area (Å²) in [6, 6.07) is 13.5. The zero-order chi connectivity index (χ0) is 24.9. The fourth-order valence-corrected chi connectivity index (χ4v) is 3.44. The van der Waals surface area contributed by atoms with Crippen molar-refractivity contribution in [3.8, 4) is 5.69 Å². The number of para-hydroxylation sites is 1. The summed E-state index contributed by atoms with van der Waals surface area (Å²) >= 11 is 0. The number of nitrogens with zero attached hydrogens (tertiary/aromatic N) is 2. The first-order valence-electron chi connectivity index (χ1n) is 10.2. The third-order valence-corrected chi connectivity index (χ3v) is 5.06. The second-order valence-electron chi connectivity index (χ2n) is 7.40. The Balaban J connectivity index is 1.68. The first-order chi connectivity index (χ1) is 16.1. The lowest BCUT2D eigenvalue weighted by atomic mass is 10.1. The second kappa shape index (κ2) is 10.2. The molecule has 0 unspecified atom stereocenters. The summed E-state index contributed by atoms with van der Waals surface area (Å²) in [4.78, 5) is 24.2. The fraction of sp³-hybridized carbons (Fsp3) is 0.208. The molecule has 1 heterocycles. The van der Waals surface area contributed by atoms with Crippen LogP contribution in [0.1, 0.15) is 32.9 Å². The van der Waals surface area contributed by atoms with Crippen LogP contribution in [0, 0.1) is 13.8 Å². The number of nitrogens with one attached hydrogen (secondary N) is 2. The number of carbonyl (C=O) groups excluding carboxylic acids is 2. The molecule has 0 aliphatic rings. The lowest BCUT2D eigenvalue weighted by Crippen LogP contribution is -2.26. The van der Waals surface area contributed by atoms with Crippen molar-refractivity contribution in [2.75, 3.05) is 19.0 Å². The summed E-state index contributed by atoms with van der Waals surface area (Å²) in [7, 11) is 1.32. The third-order valence-electron chi connectivity index (χ3n) is 5.06. The Labute approximate surface area is 194 Å². The van der Waals surface area contributed by atoms with Crippen molar-refractivity contribution in [3.63, 3.8) is 0 Å². The Hall–Kier alpha value is -4.08. The molecular weight excluding hydrogens is 449 g/mol. The number of hydrazone groups is 1. The zero-order valence-corrected chi connectivity index (χ0v) is 18.7. The molecule has 0 spiro atoms. The van der Waals surface area contributed by atoms with Crippen LogP contribution in [-0.2, 0) is 15.7 Å². The summed E-state index contributed by atoms with van der Waals surface area (Å²) < 4.78 is 45.1. The quantitative estimate of drug-likeness (QED) is 0.302. The molecule has 3 aromatic rings. The molecule has 3 rings (SSSR count). The molecule has 10 heteroatoms. The summed E-state index contributed by atoms with van der Waals surface area (Å²) in [5.41, 5.74) is 5.10. The van der Waals surface area contributed by atoms with E-state index in [1.807, 2.05) is 30.5 Å². The van der Waals surface area contributed by atoms with Gasteiger partial charge in [-0.05, 0) is 50.2 Å². The monoisotopic (exact) mass is 472 g/mol. The number of amides is 1. The van der Waals surface area contributed by atoms with Gasteiger partial charge in [0.15, 0.2) is 0 Å². The Bertz CT molecular complexity index is 1230. The summed E-state index contributed by atoms with van der Waals surface area (Å²) in [6.07, 6.45) is -3.00. The number of aromatic nitrogens is 1. The molecule has 0 radical (unpaired) electrons. The van der Waals surface area contributed by atoms with Crippen molar-refractivity contribution in [2.24, 2.45) is 5.10 Å². The van der Waals surface area contributed by atoms with Gasteiger partial charge < -0.3 is 14.6 Å². The Kier molecular flexibility index (Phi) is 7.40. The molecule has 0 saturated heterocycles.